The number of benzene rings is 2. The minimum atomic E-state index is 0.126. The van der Waals surface area contributed by atoms with E-state index < -0.39 is 0 Å². The number of piperazine rings is 1. The van der Waals surface area contributed by atoms with Crippen molar-refractivity contribution in [1.29, 1.82) is 0 Å². The smallest absolute Gasteiger partial charge is 0.253 e. The lowest BCUT2D eigenvalue weighted by atomic mass is 10.2. The zero-order chi connectivity index (χ0) is 19.5. The fourth-order valence-corrected chi connectivity index (χ4v) is 5.53. The molecule has 0 atom stereocenters. The molecule has 1 aromatic heterocycles. The van der Waals surface area contributed by atoms with E-state index in [9.17, 15) is 4.79 Å². The lowest BCUT2D eigenvalue weighted by Crippen LogP contribution is -2.48. The topological polar surface area (TPSA) is 36.4 Å². The molecule has 4 nitrogen and oxygen atoms in total. The molecule has 1 aliphatic rings. The summed E-state index contributed by atoms with van der Waals surface area (Å²) in [5.41, 5.74) is 1.83. The number of rotatable bonds is 5. The summed E-state index contributed by atoms with van der Waals surface area (Å²) in [5, 5.41) is 1.06. The Bertz CT molecular complexity index is 963. The fourth-order valence-electron chi connectivity index (χ4n) is 3.30. The number of fused-ring (bicyclic) bond motifs is 1. The maximum Gasteiger partial charge on any atom is 0.253 e. The summed E-state index contributed by atoms with van der Waals surface area (Å²) >= 11 is 5.29. The van der Waals surface area contributed by atoms with E-state index in [1.807, 2.05) is 29.2 Å². The lowest BCUT2D eigenvalue weighted by molar-refractivity contribution is 0.0746. The number of thioether (sulfide) groups is 2. The summed E-state index contributed by atoms with van der Waals surface area (Å²) in [6, 6.07) is 14.4. The number of anilines is 1. The Morgan fingerprint density at radius 2 is 1.79 bits per heavy atom. The van der Waals surface area contributed by atoms with Crippen LogP contribution in [0.1, 0.15) is 17.3 Å². The number of carbonyl (C=O) groups is 1. The molecule has 2 heterocycles. The van der Waals surface area contributed by atoms with Gasteiger partial charge < -0.3 is 9.80 Å². The van der Waals surface area contributed by atoms with Gasteiger partial charge in [0.25, 0.3) is 5.91 Å². The molecule has 2 aromatic carbocycles. The van der Waals surface area contributed by atoms with Crippen molar-refractivity contribution < 1.29 is 4.79 Å². The molecule has 0 bridgehead atoms. The summed E-state index contributed by atoms with van der Waals surface area (Å²) in [7, 11) is 0. The predicted octanol–water partition coefficient (Wildman–Crippen LogP) is 5.09. The number of aromatic nitrogens is 1. The first-order chi connectivity index (χ1) is 13.7. The second kappa shape index (κ2) is 8.76. The van der Waals surface area contributed by atoms with E-state index in [0.717, 1.165) is 48.1 Å². The van der Waals surface area contributed by atoms with Crippen LogP contribution in [0.15, 0.2) is 52.3 Å². The zero-order valence-corrected chi connectivity index (χ0v) is 18.5. The molecule has 1 fully saturated rings. The first-order valence-electron chi connectivity index (χ1n) is 9.39. The van der Waals surface area contributed by atoms with Crippen molar-refractivity contribution >= 4 is 56.1 Å². The minimum Gasteiger partial charge on any atom is -0.345 e. The van der Waals surface area contributed by atoms with Crippen molar-refractivity contribution in [2.75, 3.05) is 43.1 Å². The molecule has 0 N–H and O–H groups in total. The second-order valence-corrected chi connectivity index (χ2v) is 9.79. The Hall–Kier alpha value is -1.70. The average molecular weight is 430 g/mol. The van der Waals surface area contributed by atoms with Gasteiger partial charge in [-0.25, -0.2) is 4.98 Å². The third kappa shape index (κ3) is 4.16. The molecule has 0 spiro atoms. The van der Waals surface area contributed by atoms with Crippen LogP contribution in [0.2, 0.25) is 0 Å². The van der Waals surface area contributed by atoms with Crippen molar-refractivity contribution in [1.82, 2.24) is 9.88 Å². The van der Waals surface area contributed by atoms with Crippen LogP contribution in [0.4, 0.5) is 5.13 Å². The van der Waals surface area contributed by atoms with Gasteiger partial charge in [0.1, 0.15) is 0 Å². The van der Waals surface area contributed by atoms with E-state index in [1.54, 1.807) is 34.9 Å². The molecule has 4 rings (SSSR count). The molecule has 3 aromatic rings. The number of nitrogens with zero attached hydrogens (tertiary/aromatic N) is 3. The van der Waals surface area contributed by atoms with Crippen LogP contribution in [0.25, 0.3) is 10.2 Å². The van der Waals surface area contributed by atoms with E-state index in [0.29, 0.717) is 0 Å². The van der Waals surface area contributed by atoms with Gasteiger partial charge in [-0.1, -0.05) is 18.3 Å². The summed E-state index contributed by atoms with van der Waals surface area (Å²) < 4.78 is 1.23. The van der Waals surface area contributed by atoms with Crippen LogP contribution in [-0.2, 0) is 0 Å². The summed E-state index contributed by atoms with van der Waals surface area (Å²) in [6.07, 6.45) is 2.09. The molecule has 0 saturated carbocycles. The van der Waals surface area contributed by atoms with Crippen LogP contribution in [0.3, 0.4) is 0 Å². The number of thiazole rings is 1. The molecule has 0 unspecified atom stereocenters. The van der Waals surface area contributed by atoms with Gasteiger partial charge in [0.05, 0.1) is 10.2 Å². The largest absolute Gasteiger partial charge is 0.345 e. The van der Waals surface area contributed by atoms with Crippen LogP contribution in [-0.4, -0.2) is 54.0 Å². The van der Waals surface area contributed by atoms with Gasteiger partial charge >= 0.3 is 0 Å². The van der Waals surface area contributed by atoms with Gasteiger partial charge in [-0.15, -0.1) is 23.5 Å². The highest BCUT2D eigenvalue weighted by Crippen LogP contribution is 2.32. The van der Waals surface area contributed by atoms with Crippen molar-refractivity contribution in [3.63, 3.8) is 0 Å². The van der Waals surface area contributed by atoms with Gasteiger partial charge in [0, 0.05) is 41.5 Å². The average Bonchev–Trinajstić information content (AvgIpc) is 3.17. The monoisotopic (exact) mass is 429 g/mol. The molecule has 28 heavy (non-hydrogen) atoms. The van der Waals surface area contributed by atoms with E-state index in [1.165, 1.54) is 14.5 Å². The van der Waals surface area contributed by atoms with Crippen molar-refractivity contribution in [2.45, 2.75) is 16.7 Å². The Morgan fingerprint density at radius 1 is 1.07 bits per heavy atom. The second-order valence-electron chi connectivity index (χ2n) is 6.57. The van der Waals surface area contributed by atoms with Crippen LogP contribution in [0.5, 0.6) is 0 Å². The number of hydrogen-bond donors (Lipinski definition) is 0. The van der Waals surface area contributed by atoms with Crippen molar-refractivity contribution in [3.8, 4) is 0 Å². The highest BCUT2D eigenvalue weighted by molar-refractivity contribution is 7.99. The van der Waals surface area contributed by atoms with Crippen LogP contribution in [0, 0.1) is 0 Å². The van der Waals surface area contributed by atoms with Crippen LogP contribution >= 0.6 is 34.9 Å². The molecule has 0 aliphatic carbocycles. The van der Waals surface area contributed by atoms with Gasteiger partial charge in [0.15, 0.2) is 5.13 Å². The molecule has 1 amide bonds. The Labute approximate surface area is 178 Å². The van der Waals surface area contributed by atoms with Gasteiger partial charge in [-0.05, 0) is 54.5 Å². The Kier molecular flexibility index (Phi) is 6.13. The van der Waals surface area contributed by atoms with Gasteiger partial charge in [0.2, 0.25) is 0 Å². The third-order valence-corrected chi connectivity index (χ3v) is 7.53. The molecule has 7 heteroatoms. The summed E-state index contributed by atoms with van der Waals surface area (Å²) in [5.74, 6) is 1.17. The minimum absolute atomic E-state index is 0.126. The molecule has 146 valence electrons. The lowest BCUT2D eigenvalue weighted by Gasteiger charge is -2.34. The number of hydrogen-bond acceptors (Lipinski definition) is 6. The molecule has 1 saturated heterocycles. The predicted molar refractivity (Wildman–Crippen MR) is 122 cm³/mol. The van der Waals surface area contributed by atoms with Gasteiger partial charge in [-0.3, -0.25) is 4.79 Å². The van der Waals surface area contributed by atoms with E-state index in [4.69, 9.17) is 4.98 Å². The maximum absolute atomic E-state index is 12.8. The fraction of sp³-hybridized carbons (Fsp3) is 0.333. The molecule has 1 aliphatic heterocycles. The van der Waals surface area contributed by atoms with Crippen molar-refractivity contribution in [3.05, 3.63) is 48.0 Å². The molecule has 0 radical (unpaired) electrons. The highest BCUT2D eigenvalue weighted by Gasteiger charge is 2.24. The standard InChI is InChI=1S/C21H23N3OS3/c1-3-27-16-6-4-15(5-7-16)20(25)23-10-12-24(13-11-23)21-22-18-9-8-17(26-2)14-19(18)28-21/h4-9,14H,3,10-13H2,1-2H3. The number of carbonyl (C=O) groups excluding carboxylic acids is 1. The van der Waals surface area contributed by atoms with Crippen molar-refractivity contribution in [2.24, 2.45) is 0 Å². The number of amides is 1. The zero-order valence-electron chi connectivity index (χ0n) is 16.1. The first-order valence-corrected chi connectivity index (χ1v) is 12.4. The third-order valence-electron chi connectivity index (χ3n) is 4.83. The normalized spacial score (nSPS) is 14.6. The van der Waals surface area contributed by atoms with E-state index >= 15 is 0 Å². The maximum atomic E-state index is 12.8. The van der Waals surface area contributed by atoms with E-state index in [-0.39, 0.29) is 5.91 Å². The quantitative estimate of drug-likeness (QED) is 0.528. The molecular formula is C21H23N3OS3. The summed E-state index contributed by atoms with van der Waals surface area (Å²) in [6.45, 7) is 5.25. The summed E-state index contributed by atoms with van der Waals surface area (Å²) in [4.78, 5) is 24.3. The molecular weight excluding hydrogens is 406 g/mol. The van der Waals surface area contributed by atoms with E-state index in [2.05, 4.69) is 36.3 Å². The SMILES string of the molecule is CCSc1ccc(C(=O)N2CCN(c3nc4ccc(SC)cc4s3)CC2)cc1. The highest BCUT2D eigenvalue weighted by atomic mass is 32.2. The first kappa shape index (κ1) is 19.6. The Morgan fingerprint density at radius 3 is 2.46 bits per heavy atom. The Balaban J connectivity index is 1.40. The van der Waals surface area contributed by atoms with Gasteiger partial charge in [-0.2, -0.15) is 0 Å². The van der Waals surface area contributed by atoms with Crippen LogP contribution < -0.4 is 4.90 Å².